The number of nitrogen functional groups attached to an aromatic ring is 1. The molecule has 3 N–H and O–H groups in total. The molecule has 9 heteroatoms. The zero-order chi connectivity index (χ0) is 14.0. The molecule has 2 rings (SSSR count). The van der Waals surface area contributed by atoms with Gasteiger partial charge in [-0.25, -0.2) is 28.1 Å². The average molecular weight is 283 g/mol. The number of oxazole rings is 1. The highest BCUT2D eigenvalue weighted by molar-refractivity contribution is 7.89. The topological polar surface area (TPSA) is 124 Å². The lowest BCUT2D eigenvalue weighted by Crippen LogP contribution is -2.23. The first-order chi connectivity index (χ1) is 8.88. The highest BCUT2D eigenvalue weighted by Gasteiger charge is 2.16. The molecule has 102 valence electrons. The fourth-order valence-corrected chi connectivity index (χ4v) is 2.18. The van der Waals surface area contributed by atoms with E-state index in [9.17, 15) is 8.42 Å². The van der Waals surface area contributed by atoms with Crippen LogP contribution in [-0.4, -0.2) is 23.4 Å². The van der Waals surface area contributed by atoms with Gasteiger partial charge in [0.15, 0.2) is 0 Å². The Hall–Kier alpha value is -2.00. The van der Waals surface area contributed by atoms with Crippen molar-refractivity contribution in [3.05, 3.63) is 29.7 Å². The molecule has 19 heavy (non-hydrogen) atoms. The Labute approximate surface area is 110 Å². The predicted octanol–water partition coefficient (Wildman–Crippen LogP) is 0.142. The second-order valence-corrected chi connectivity index (χ2v) is 5.62. The van der Waals surface area contributed by atoms with Gasteiger partial charge in [-0.2, -0.15) is 0 Å². The van der Waals surface area contributed by atoms with Gasteiger partial charge in [0.1, 0.15) is 10.7 Å². The fourth-order valence-electron chi connectivity index (χ4n) is 1.32. The van der Waals surface area contributed by atoms with E-state index in [4.69, 9.17) is 10.2 Å². The Bertz CT molecular complexity index is 658. The van der Waals surface area contributed by atoms with Crippen LogP contribution in [0.15, 0.2) is 21.7 Å². The molecule has 2 heterocycles. The summed E-state index contributed by atoms with van der Waals surface area (Å²) in [5, 5.41) is 0. The number of nitrogens with zero attached hydrogens (tertiary/aromatic N) is 3. The number of hydrogen-bond acceptors (Lipinski definition) is 7. The van der Waals surface area contributed by atoms with Crippen LogP contribution in [0, 0.1) is 13.8 Å². The number of sulfonamides is 1. The zero-order valence-corrected chi connectivity index (χ0v) is 11.2. The summed E-state index contributed by atoms with van der Waals surface area (Å²) in [6.45, 7) is 3.50. The van der Waals surface area contributed by atoms with Crippen LogP contribution in [0.4, 0.5) is 5.95 Å². The maximum absolute atomic E-state index is 11.9. The van der Waals surface area contributed by atoms with Gasteiger partial charge in [0, 0.05) is 0 Å². The molecule has 2 aromatic heterocycles. The SMILES string of the molecule is Cc1nc(CNS(=O)(=O)c2cnc(N)nc2)oc1C. The Kier molecular flexibility index (Phi) is 3.49. The molecule has 0 aliphatic rings. The molecule has 0 aliphatic heterocycles. The van der Waals surface area contributed by atoms with Crippen molar-refractivity contribution >= 4 is 16.0 Å². The molecule has 0 fully saturated rings. The summed E-state index contributed by atoms with van der Waals surface area (Å²) in [7, 11) is -3.71. The van der Waals surface area contributed by atoms with Gasteiger partial charge in [0.05, 0.1) is 24.6 Å². The lowest BCUT2D eigenvalue weighted by Gasteiger charge is -2.03. The molecule has 8 nitrogen and oxygen atoms in total. The number of rotatable bonds is 4. The van der Waals surface area contributed by atoms with E-state index in [0.717, 1.165) is 18.1 Å². The second-order valence-electron chi connectivity index (χ2n) is 3.85. The van der Waals surface area contributed by atoms with Crippen LogP contribution in [0.25, 0.3) is 0 Å². The number of hydrogen-bond donors (Lipinski definition) is 2. The van der Waals surface area contributed by atoms with Crippen molar-refractivity contribution in [1.82, 2.24) is 19.7 Å². The van der Waals surface area contributed by atoms with Crippen molar-refractivity contribution in [2.45, 2.75) is 25.3 Å². The highest BCUT2D eigenvalue weighted by Crippen LogP contribution is 2.10. The summed E-state index contributed by atoms with van der Waals surface area (Å²) in [5.41, 5.74) is 6.02. The molecule has 0 spiro atoms. The average Bonchev–Trinajstić information content (AvgIpc) is 2.67. The summed E-state index contributed by atoms with van der Waals surface area (Å²) in [6.07, 6.45) is 2.27. The fraction of sp³-hybridized carbons (Fsp3) is 0.300. The molecule has 0 unspecified atom stereocenters. The summed E-state index contributed by atoms with van der Waals surface area (Å²) in [5.74, 6) is 0.970. The van der Waals surface area contributed by atoms with E-state index >= 15 is 0 Å². The van der Waals surface area contributed by atoms with E-state index in [0.29, 0.717) is 11.7 Å². The summed E-state index contributed by atoms with van der Waals surface area (Å²) in [4.78, 5) is 11.3. The zero-order valence-electron chi connectivity index (χ0n) is 10.4. The molecule has 0 aliphatic carbocycles. The van der Waals surface area contributed by atoms with Crippen molar-refractivity contribution in [2.24, 2.45) is 0 Å². The molecule has 0 amide bonds. The molecular weight excluding hydrogens is 270 g/mol. The lowest BCUT2D eigenvalue weighted by atomic mass is 10.4. The van der Waals surface area contributed by atoms with Crippen molar-refractivity contribution in [2.75, 3.05) is 5.73 Å². The van der Waals surface area contributed by atoms with Crippen LogP contribution in [0.5, 0.6) is 0 Å². The van der Waals surface area contributed by atoms with E-state index in [1.54, 1.807) is 13.8 Å². The number of aromatic nitrogens is 3. The summed E-state index contributed by atoms with van der Waals surface area (Å²) < 4.78 is 31.4. The normalized spacial score (nSPS) is 11.7. The largest absolute Gasteiger partial charge is 0.444 e. The van der Waals surface area contributed by atoms with Crippen LogP contribution in [0.2, 0.25) is 0 Å². The first-order valence-electron chi connectivity index (χ1n) is 5.38. The third kappa shape index (κ3) is 3.06. The predicted molar refractivity (Wildman–Crippen MR) is 66.4 cm³/mol. The minimum atomic E-state index is -3.71. The summed E-state index contributed by atoms with van der Waals surface area (Å²) in [6, 6.07) is 0. The molecule has 0 bridgehead atoms. The van der Waals surface area contributed by atoms with E-state index in [1.165, 1.54) is 0 Å². The van der Waals surface area contributed by atoms with E-state index in [1.807, 2.05) is 0 Å². The Balaban J connectivity index is 2.11. The van der Waals surface area contributed by atoms with Gasteiger partial charge in [-0.3, -0.25) is 0 Å². The number of nitrogens with one attached hydrogen (secondary N) is 1. The van der Waals surface area contributed by atoms with Crippen molar-refractivity contribution in [3.8, 4) is 0 Å². The van der Waals surface area contributed by atoms with Gasteiger partial charge in [-0.15, -0.1) is 0 Å². The van der Waals surface area contributed by atoms with E-state index < -0.39 is 10.0 Å². The molecule has 0 saturated heterocycles. The molecule has 0 atom stereocenters. The minimum absolute atomic E-state index is 0.0119. The van der Waals surface area contributed by atoms with Crippen molar-refractivity contribution < 1.29 is 12.8 Å². The second kappa shape index (κ2) is 4.94. The highest BCUT2D eigenvalue weighted by atomic mass is 32.2. The van der Waals surface area contributed by atoms with Crippen LogP contribution in [-0.2, 0) is 16.6 Å². The van der Waals surface area contributed by atoms with Gasteiger partial charge in [0.2, 0.25) is 21.9 Å². The number of aryl methyl sites for hydroxylation is 2. The standard InChI is InChI=1S/C10H13N5O3S/c1-6-7(2)18-9(15-6)5-14-19(16,17)8-3-12-10(11)13-4-8/h3-4,14H,5H2,1-2H3,(H2,11,12,13). The lowest BCUT2D eigenvalue weighted by molar-refractivity contribution is 0.463. The molecule has 0 radical (unpaired) electrons. The first kappa shape index (κ1) is 13.4. The van der Waals surface area contributed by atoms with Gasteiger partial charge in [-0.05, 0) is 13.8 Å². The van der Waals surface area contributed by atoms with Crippen molar-refractivity contribution in [3.63, 3.8) is 0 Å². The maximum atomic E-state index is 11.9. The quantitative estimate of drug-likeness (QED) is 0.817. The van der Waals surface area contributed by atoms with Crippen LogP contribution < -0.4 is 10.5 Å². The Morgan fingerprint density at radius 3 is 2.47 bits per heavy atom. The number of anilines is 1. The van der Waals surface area contributed by atoms with Crippen LogP contribution in [0.3, 0.4) is 0 Å². The van der Waals surface area contributed by atoms with Gasteiger partial charge >= 0.3 is 0 Å². The van der Waals surface area contributed by atoms with Crippen LogP contribution in [0.1, 0.15) is 17.3 Å². The van der Waals surface area contributed by atoms with Gasteiger partial charge in [0.25, 0.3) is 0 Å². The van der Waals surface area contributed by atoms with E-state index in [-0.39, 0.29) is 17.4 Å². The van der Waals surface area contributed by atoms with Gasteiger partial charge < -0.3 is 10.2 Å². The minimum Gasteiger partial charge on any atom is -0.444 e. The summed E-state index contributed by atoms with van der Waals surface area (Å²) >= 11 is 0. The maximum Gasteiger partial charge on any atom is 0.244 e. The Morgan fingerprint density at radius 2 is 1.95 bits per heavy atom. The smallest absolute Gasteiger partial charge is 0.244 e. The molecule has 0 saturated carbocycles. The first-order valence-corrected chi connectivity index (χ1v) is 6.87. The molecular formula is C10H13N5O3S. The Morgan fingerprint density at radius 1 is 1.32 bits per heavy atom. The monoisotopic (exact) mass is 283 g/mol. The van der Waals surface area contributed by atoms with E-state index in [2.05, 4.69) is 19.7 Å². The molecule has 0 aromatic carbocycles. The van der Waals surface area contributed by atoms with Gasteiger partial charge in [-0.1, -0.05) is 0 Å². The number of nitrogens with two attached hydrogens (primary N) is 1. The third-order valence-corrected chi connectivity index (χ3v) is 3.80. The van der Waals surface area contributed by atoms with Crippen LogP contribution >= 0.6 is 0 Å². The van der Waals surface area contributed by atoms with Crippen molar-refractivity contribution in [1.29, 1.82) is 0 Å². The third-order valence-electron chi connectivity index (χ3n) is 2.44. The molecule has 2 aromatic rings.